The molecule has 0 rings (SSSR count). The number of unbranched alkanes of at least 4 members (excludes halogenated alkanes) is 4. The van der Waals surface area contributed by atoms with Crippen molar-refractivity contribution in [1.82, 2.24) is 4.90 Å². The highest BCUT2D eigenvalue weighted by Gasteiger charge is 2.21. The molecule has 0 aliphatic rings. The number of allylic oxidation sites excluding steroid dienone is 4. The molecule has 25 heavy (non-hydrogen) atoms. The lowest BCUT2D eigenvalue weighted by Gasteiger charge is -2.33. The maximum absolute atomic E-state index is 11.3. The quantitative estimate of drug-likeness (QED) is 0.266. The molecule has 0 aliphatic carbocycles. The van der Waals surface area contributed by atoms with E-state index in [4.69, 9.17) is 0 Å². The lowest BCUT2D eigenvalue weighted by molar-refractivity contribution is -0.139. The number of carboxylic acids is 1. The van der Waals surface area contributed by atoms with E-state index in [0.717, 1.165) is 38.5 Å². The first-order chi connectivity index (χ1) is 12.0. The molecular formula is C22H41NO2. The van der Waals surface area contributed by atoms with Gasteiger partial charge in [0.1, 0.15) is 0 Å². The molecule has 3 heteroatoms. The summed E-state index contributed by atoms with van der Waals surface area (Å²) in [5.74, 6) is -0.713. The van der Waals surface area contributed by atoms with E-state index < -0.39 is 5.97 Å². The van der Waals surface area contributed by atoms with Gasteiger partial charge in [-0.15, -0.1) is 0 Å². The average Bonchev–Trinajstić information content (AvgIpc) is 2.58. The average molecular weight is 352 g/mol. The maximum Gasteiger partial charge on any atom is 0.317 e. The standard InChI is InChI=1S/C22H41NO2/c1-5-7-9-11-13-15-17-20(3)23(19-22(24)25)21(4)18-16-14-12-10-8-6-2/h7-10,20-21H,5-6,11-19H2,1-4H3,(H,24,25)/b9-7+,10-8+. The van der Waals surface area contributed by atoms with Crippen molar-refractivity contribution in [1.29, 1.82) is 0 Å². The first kappa shape index (κ1) is 23.9. The Balaban J connectivity index is 4.23. The fourth-order valence-electron chi connectivity index (χ4n) is 3.21. The van der Waals surface area contributed by atoms with Gasteiger partial charge in [-0.2, -0.15) is 0 Å². The molecule has 0 amide bonds. The van der Waals surface area contributed by atoms with Gasteiger partial charge in [-0.25, -0.2) is 0 Å². The minimum Gasteiger partial charge on any atom is -0.480 e. The summed E-state index contributed by atoms with van der Waals surface area (Å²) in [7, 11) is 0. The number of aliphatic carboxylic acids is 1. The molecule has 0 aromatic rings. The van der Waals surface area contributed by atoms with Gasteiger partial charge in [0.15, 0.2) is 0 Å². The van der Waals surface area contributed by atoms with Gasteiger partial charge in [-0.1, -0.05) is 51.0 Å². The van der Waals surface area contributed by atoms with Crippen LogP contribution in [0.25, 0.3) is 0 Å². The van der Waals surface area contributed by atoms with E-state index in [-0.39, 0.29) is 6.54 Å². The SMILES string of the molecule is CC/C=C/CCCCC(C)N(CC(=O)O)C(C)CCCC/C=C/CC. The third-order valence-corrected chi connectivity index (χ3v) is 4.74. The summed E-state index contributed by atoms with van der Waals surface area (Å²) in [6, 6.07) is 0.669. The van der Waals surface area contributed by atoms with Gasteiger partial charge >= 0.3 is 5.97 Å². The molecule has 1 N–H and O–H groups in total. The summed E-state index contributed by atoms with van der Waals surface area (Å²) in [6.45, 7) is 8.85. The fraction of sp³-hybridized carbons (Fsp3) is 0.773. The summed E-state index contributed by atoms with van der Waals surface area (Å²) in [6.07, 6.45) is 20.3. The van der Waals surface area contributed by atoms with E-state index in [0.29, 0.717) is 12.1 Å². The molecule has 0 heterocycles. The second-order valence-corrected chi connectivity index (χ2v) is 7.09. The molecule has 146 valence electrons. The van der Waals surface area contributed by atoms with Crippen LogP contribution in [0.4, 0.5) is 0 Å². The minimum absolute atomic E-state index is 0.161. The van der Waals surface area contributed by atoms with Gasteiger partial charge in [0, 0.05) is 12.1 Å². The van der Waals surface area contributed by atoms with Crippen molar-refractivity contribution in [3.05, 3.63) is 24.3 Å². The van der Waals surface area contributed by atoms with Crippen LogP contribution in [0.3, 0.4) is 0 Å². The summed E-state index contributed by atoms with van der Waals surface area (Å²) in [4.78, 5) is 13.4. The monoisotopic (exact) mass is 351 g/mol. The van der Waals surface area contributed by atoms with Gasteiger partial charge in [0.05, 0.1) is 6.54 Å². The second-order valence-electron chi connectivity index (χ2n) is 7.09. The Morgan fingerprint density at radius 2 is 1.28 bits per heavy atom. The molecule has 0 radical (unpaired) electrons. The van der Waals surface area contributed by atoms with Crippen LogP contribution in [0.5, 0.6) is 0 Å². The second kappa shape index (κ2) is 16.4. The van der Waals surface area contributed by atoms with Crippen LogP contribution in [0.2, 0.25) is 0 Å². The number of hydrogen-bond donors (Lipinski definition) is 1. The highest BCUT2D eigenvalue weighted by molar-refractivity contribution is 5.69. The number of carboxylic acid groups (broad SMARTS) is 1. The Bertz CT molecular complexity index is 348. The van der Waals surface area contributed by atoms with Crippen LogP contribution in [0.1, 0.15) is 91.9 Å². The van der Waals surface area contributed by atoms with Gasteiger partial charge in [0.25, 0.3) is 0 Å². The van der Waals surface area contributed by atoms with Crippen molar-refractivity contribution >= 4 is 5.97 Å². The van der Waals surface area contributed by atoms with Crippen molar-refractivity contribution < 1.29 is 9.90 Å². The van der Waals surface area contributed by atoms with E-state index in [9.17, 15) is 9.90 Å². The van der Waals surface area contributed by atoms with Gasteiger partial charge in [-0.3, -0.25) is 9.69 Å². The molecule has 0 saturated carbocycles. The van der Waals surface area contributed by atoms with Gasteiger partial charge < -0.3 is 5.11 Å². The fourth-order valence-corrected chi connectivity index (χ4v) is 3.21. The zero-order valence-electron chi connectivity index (χ0n) is 17.0. The summed E-state index contributed by atoms with van der Waals surface area (Å²) in [5, 5.41) is 9.26. The molecule has 0 aromatic heterocycles. The lowest BCUT2D eigenvalue weighted by atomic mass is 10.0. The number of carbonyl (C=O) groups is 1. The molecule has 2 atom stereocenters. The van der Waals surface area contributed by atoms with Gasteiger partial charge in [0.2, 0.25) is 0 Å². The van der Waals surface area contributed by atoms with E-state index in [1.807, 2.05) is 0 Å². The predicted molar refractivity (Wildman–Crippen MR) is 109 cm³/mol. The van der Waals surface area contributed by atoms with Crippen molar-refractivity contribution in [3.8, 4) is 0 Å². The van der Waals surface area contributed by atoms with E-state index in [1.54, 1.807) is 0 Å². The Labute approximate surface area is 156 Å². The minimum atomic E-state index is -0.713. The third-order valence-electron chi connectivity index (χ3n) is 4.74. The summed E-state index contributed by atoms with van der Waals surface area (Å²) < 4.78 is 0. The molecule has 3 nitrogen and oxygen atoms in total. The Morgan fingerprint density at radius 3 is 1.64 bits per heavy atom. The van der Waals surface area contributed by atoms with Crippen molar-refractivity contribution in [2.24, 2.45) is 0 Å². The number of rotatable bonds is 16. The first-order valence-electron chi connectivity index (χ1n) is 10.3. The Morgan fingerprint density at radius 1 is 0.840 bits per heavy atom. The van der Waals surface area contributed by atoms with E-state index >= 15 is 0 Å². The molecule has 0 fully saturated rings. The maximum atomic E-state index is 11.3. The zero-order chi connectivity index (χ0) is 18.9. The molecule has 2 unspecified atom stereocenters. The van der Waals surface area contributed by atoms with Crippen molar-refractivity contribution in [2.45, 2.75) is 104 Å². The zero-order valence-corrected chi connectivity index (χ0v) is 17.0. The summed E-state index contributed by atoms with van der Waals surface area (Å²) >= 11 is 0. The highest BCUT2D eigenvalue weighted by atomic mass is 16.4. The van der Waals surface area contributed by atoms with Crippen molar-refractivity contribution in [3.63, 3.8) is 0 Å². The molecule has 0 saturated heterocycles. The number of hydrogen-bond acceptors (Lipinski definition) is 2. The van der Waals surface area contributed by atoms with E-state index in [1.165, 1.54) is 25.7 Å². The Kier molecular flexibility index (Phi) is 15.7. The van der Waals surface area contributed by atoms with E-state index in [2.05, 4.69) is 56.9 Å². The third kappa shape index (κ3) is 13.8. The van der Waals surface area contributed by atoms with Crippen LogP contribution in [-0.2, 0) is 4.79 Å². The molecule has 0 bridgehead atoms. The first-order valence-corrected chi connectivity index (χ1v) is 10.3. The smallest absolute Gasteiger partial charge is 0.317 e. The highest BCUT2D eigenvalue weighted by Crippen LogP contribution is 2.17. The van der Waals surface area contributed by atoms with Crippen LogP contribution >= 0.6 is 0 Å². The molecule has 0 aromatic carbocycles. The predicted octanol–water partition coefficient (Wildman–Crippen LogP) is 6.20. The van der Waals surface area contributed by atoms with Crippen LogP contribution < -0.4 is 0 Å². The number of nitrogens with zero attached hydrogens (tertiary/aromatic N) is 1. The normalized spacial score (nSPS) is 14.6. The van der Waals surface area contributed by atoms with Gasteiger partial charge in [-0.05, 0) is 65.2 Å². The molecular weight excluding hydrogens is 310 g/mol. The van der Waals surface area contributed by atoms with Crippen LogP contribution in [0, 0.1) is 0 Å². The van der Waals surface area contributed by atoms with Crippen LogP contribution in [0.15, 0.2) is 24.3 Å². The molecule has 0 spiro atoms. The van der Waals surface area contributed by atoms with Crippen molar-refractivity contribution in [2.75, 3.05) is 6.54 Å². The lowest BCUT2D eigenvalue weighted by Crippen LogP contribution is -2.43. The topological polar surface area (TPSA) is 40.5 Å². The Hall–Kier alpha value is -1.09. The largest absolute Gasteiger partial charge is 0.480 e. The summed E-state index contributed by atoms with van der Waals surface area (Å²) in [5.41, 5.74) is 0. The van der Waals surface area contributed by atoms with Crippen LogP contribution in [-0.4, -0.2) is 34.6 Å². The molecule has 0 aliphatic heterocycles.